The topological polar surface area (TPSA) is 66.4 Å². The number of ether oxygens (including phenoxy) is 3. The lowest BCUT2D eigenvalue weighted by Gasteiger charge is -2.13. The molecule has 0 aliphatic carbocycles. The first-order valence-electron chi connectivity index (χ1n) is 8.46. The van der Waals surface area contributed by atoms with Crippen molar-refractivity contribution in [3.8, 4) is 0 Å². The van der Waals surface area contributed by atoms with Crippen LogP contribution >= 0.6 is 35.3 Å². The van der Waals surface area contributed by atoms with Crippen LogP contribution in [0.5, 0.6) is 0 Å². The van der Waals surface area contributed by atoms with Gasteiger partial charge in [0, 0.05) is 19.8 Å². The molecule has 3 atom stereocenters. The maximum atomic E-state index is 5.70. The lowest BCUT2D eigenvalue weighted by Crippen LogP contribution is -2.07. The van der Waals surface area contributed by atoms with Gasteiger partial charge in [0.1, 0.15) is 16.3 Å². The van der Waals surface area contributed by atoms with Gasteiger partial charge in [-0.2, -0.15) is 15.0 Å². The molecule has 0 spiro atoms. The molecule has 3 fully saturated rings. The Morgan fingerprint density at radius 2 is 0.917 bits per heavy atom. The molecule has 0 N–H and O–H groups in total. The summed E-state index contributed by atoms with van der Waals surface area (Å²) in [6, 6.07) is 0. The van der Waals surface area contributed by atoms with E-state index in [2.05, 4.69) is 15.0 Å². The maximum Gasteiger partial charge on any atom is 0.195 e. The van der Waals surface area contributed by atoms with Crippen molar-refractivity contribution in [2.45, 2.75) is 70.3 Å². The molecule has 0 aromatic carbocycles. The zero-order chi connectivity index (χ0) is 16.2. The Morgan fingerprint density at radius 1 is 0.583 bits per heavy atom. The minimum absolute atomic E-state index is 0.161. The molecule has 6 nitrogen and oxygen atoms in total. The fourth-order valence-electron chi connectivity index (χ4n) is 2.75. The van der Waals surface area contributed by atoms with Crippen molar-refractivity contribution in [1.82, 2.24) is 15.0 Å². The van der Waals surface area contributed by atoms with E-state index in [1.807, 2.05) is 0 Å². The lowest BCUT2D eigenvalue weighted by atomic mass is 10.4. The molecule has 3 aliphatic rings. The molecular formula is C15H21N3O3S3. The molecule has 0 bridgehead atoms. The third-order valence-corrected chi connectivity index (χ3v) is 7.03. The van der Waals surface area contributed by atoms with Gasteiger partial charge in [-0.3, -0.25) is 0 Å². The summed E-state index contributed by atoms with van der Waals surface area (Å²) in [6.07, 6.45) is 6.49. The van der Waals surface area contributed by atoms with Gasteiger partial charge in [0.25, 0.3) is 0 Å². The summed E-state index contributed by atoms with van der Waals surface area (Å²) in [5.74, 6) is 0. The van der Waals surface area contributed by atoms with Crippen LogP contribution in [-0.4, -0.2) is 51.1 Å². The molecule has 132 valence electrons. The van der Waals surface area contributed by atoms with Crippen LogP contribution in [-0.2, 0) is 14.2 Å². The fourth-order valence-corrected chi connectivity index (χ4v) is 5.81. The van der Waals surface area contributed by atoms with E-state index in [1.54, 1.807) is 35.3 Å². The van der Waals surface area contributed by atoms with Crippen LogP contribution in [0.2, 0.25) is 0 Å². The van der Waals surface area contributed by atoms with Crippen LogP contribution < -0.4 is 0 Å². The van der Waals surface area contributed by atoms with Crippen molar-refractivity contribution in [1.29, 1.82) is 0 Å². The zero-order valence-corrected chi connectivity index (χ0v) is 15.8. The highest BCUT2D eigenvalue weighted by Gasteiger charge is 2.24. The van der Waals surface area contributed by atoms with Gasteiger partial charge in [-0.25, -0.2) is 0 Å². The van der Waals surface area contributed by atoms with Crippen LogP contribution in [0.3, 0.4) is 0 Å². The van der Waals surface area contributed by atoms with Crippen molar-refractivity contribution in [2.24, 2.45) is 0 Å². The van der Waals surface area contributed by atoms with Gasteiger partial charge < -0.3 is 14.2 Å². The predicted octanol–water partition coefficient (Wildman–Crippen LogP) is 3.56. The Balaban J connectivity index is 1.49. The van der Waals surface area contributed by atoms with E-state index in [9.17, 15) is 0 Å². The Bertz CT molecular complexity index is 459. The highest BCUT2D eigenvalue weighted by molar-refractivity contribution is 8.00. The van der Waals surface area contributed by atoms with E-state index in [-0.39, 0.29) is 16.3 Å². The molecule has 3 saturated heterocycles. The second kappa shape index (κ2) is 8.55. The zero-order valence-electron chi connectivity index (χ0n) is 13.4. The molecule has 1 aromatic heterocycles. The van der Waals surface area contributed by atoms with E-state index < -0.39 is 0 Å². The molecule has 3 aliphatic heterocycles. The Kier molecular flexibility index (Phi) is 6.18. The van der Waals surface area contributed by atoms with Crippen LogP contribution in [0, 0.1) is 0 Å². The summed E-state index contributed by atoms with van der Waals surface area (Å²) in [5, 5.41) is 2.24. The van der Waals surface area contributed by atoms with Gasteiger partial charge in [0.05, 0.1) is 0 Å². The van der Waals surface area contributed by atoms with Crippen molar-refractivity contribution in [2.75, 3.05) is 19.8 Å². The summed E-state index contributed by atoms with van der Waals surface area (Å²) < 4.78 is 17.1. The highest BCUT2D eigenvalue weighted by Crippen LogP contribution is 2.35. The Labute approximate surface area is 154 Å². The van der Waals surface area contributed by atoms with E-state index in [0.717, 1.165) is 73.8 Å². The third-order valence-electron chi connectivity index (χ3n) is 3.95. The molecule has 4 rings (SSSR count). The summed E-state index contributed by atoms with van der Waals surface area (Å²) in [5.41, 5.74) is 0.482. The average molecular weight is 388 g/mol. The number of hydrogen-bond donors (Lipinski definition) is 0. The molecular weight excluding hydrogens is 366 g/mol. The van der Waals surface area contributed by atoms with Crippen LogP contribution in [0.4, 0.5) is 0 Å². The maximum absolute atomic E-state index is 5.70. The fraction of sp³-hybridized carbons (Fsp3) is 0.800. The second-order valence-electron chi connectivity index (χ2n) is 5.86. The van der Waals surface area contributed by atoms with Gasteiger partial charge in [0.2, 0.25) is 0 Å². The number of aromatic nitrogens is 3. The van der Waals surface area contributed by atoms with Gasteiger partial charge in [0.15, 0.2) is 15.5 Å². The standard InChI is InChI=1S/C15H21N3O3S3/c1-4-10(19-7-1)22-13-16-14(23-11-5-2-8-20-11)18-15(17-13)24-12-6-3-9-21-12/h10-12H,1-9H2. The van der Waals surface area contributed by atoms with Gasteiger partial charge >= 0.3 is 0 Å². The van der Waals surface area contributed by atoms with Gasteiger partial charge in [-0.1, -0.05) is 35.3 Å². The van der Waals surface area contributed by atoms with Crippen molar-refractivity contribution >= 4 is 35.3 Å². The molecule has 0 saturated carbocycles. The van der Waals surface area contributed by atoms with Gasteiger partial charge in [-0.15, -0.1) is 0 Å². The molecule has 0 amide bonds. The first kappa shape index (κ1) is 17.4. The van der Waals surface area contributed by atoms with Crippen molar-refractivity contribution in [3.05, 3.63) is 0 Å². The number of nitrogens with zero attached hydrogens (tertiary/aromatic N) is 3. The minimum atomic E-state index is 0.161. The van der Waals surface area contributed by atoms with E-state index in [4.69, 9.17) is 14.2 Å². The van der Waals surface area contributed by atoms with E-state index in [1.165, 1.54) is 0 Å². The first-order chi connectivity index (χ1) is 11.8. The molecule has 0 radical (unpaired) electrons. The smallest absolute Gasteiger partial charge is 0.195 e. The third kappa shape index (κ3) is 4.76. The first-order valence-corrected chi connectivity index (χ1v) is 11.1. The van der Waals surface area contributed by atoms with Crippen LogP contribution in [0.15, 0.2) is 15.5 Å². The molecule has 24 heavy (non-hydrogen) atoms. The Hall–Kier alpha value is -0.0600. The van der Waals surface area contributed by atoms with Crippen molar-refractivity contribution in [3.63, 3.8) is 0 Å². The second-order valence-corrected chi connectivity index (χ2v) is 9.24. The van der Waals surface area contributed by atoms with Crippen LogP contribution in [0.25, 0.3) is 0 Å². The largest absolute Gasteiger partial charge is 0.367 e. The predicted molar refractivity (Wildman–Crippen MR) is 94.3 cm³/mol. The van der Waals surface area contributed by atoms with Crippen molar-refractivity contribution < 1.29 is 14.2 Å². The molecule has 9 heteroatoms. The van der Waals surface area contributed by atoms with E-state index >= 15 is 0 Å². The van der Waals surface area contributed by atoms with Crippen LogP contribution in [0.1, 0.15) is 38.5 Å². The average Bonchev–Trinajstić information content (AvgIpc) is 3.30. The SMILES string of the molecule is C1COC(Sc2nc(SC3CCCO3)nc(SC3CCCO3)n2)C1. The van der Waals surface area contributed by atoms with E-state index in [0.29, 0.717) is 0 Å². The minimum Gasteiger partial charge on any atom is -0.367 e. The summed E-state index contributed by atoms with van der Waals surface area (Å²) in [7, 11) is 0. The molecule has 4 heterocycles. The monoisotopic (exact) mass is 387 g/mol. The normalized spacial score (nSPS) is 30.2. The summed E-state index contributed by atoms with van der Waals surface area (Å²) in [4.78, 5) is 13.9. The lowest BCUT2D eigenvalue weighted by molar-refractivity contribution is 0.172. The Morgan fingerprint density at radius 3 is 1.17 bits per heavy atom. The number of hydrogen-bond acceptors (Lipinski definition) is 9. The number of thioether (sulfide) groups is 3. The summed E-state index contributed by atoms with van der Waals surface area (Å²) in [6.45, 7) is 2.49. The summed E-state index contributed by atoms with van der Waals surface area (Å²) >= 11 is 4.81. The highest BCUT2D eigenvalue weighted by atomic mass is 32.2. The molecule has 3 unspecified atom stereocenters. The van der Waals surface area contributed by atoms with Gasteiger partial charge in [-0.05, 0) is 38.5 Å². The number of rotatable bonds is 6. The quantitative estimate of drug-likeness (QED) is 0.729. The molecule has 1 aromatic rings.